The second-order valence-corrected chi connectivity index (χ2v) is 1.42. The first-order chi connectivity index (χ1) is 4.31. The van der Waals surface area contributed by atoms with Crippen molar-refractivity contribution < 1.29 is 14.6 Å². The Hall–Kier alpha value is -0.830. The Kier molecular flexibility index (Phi) is 4.82. The molecule has 0 heterocycles. The van der Waals surface area contributed by atoms with Crippen LogP contribution in [0.1, 0.15) is 6.42 Å². The smallest absolute Gasteiger partial charge is 0.309 e. The van der Waals surface area contributed by atoms with Gasteiger partial charge < -0.3 is 4.74 Å². The van der Waals surface area contributed by atoms with Gasteiger partial charge in [-0.1, -0.05) is 12.2 Å². The Balaban J connectivity index is 3.26. The van der Waals surface area contributed by atoms with Crippen LogP contribution in [0.4, 0.5) is 0 Å². The predicted molar refractivity (Wildman–Crippen MR) is 31.3 cm³/mol. The summed E-state index contributed by atoms with van der Waals surface area (Å²) < 4.78 is 4.30. The molecule has 0 rings (SSSR count). The normalized spacial score (nSPS) is 10.0. The van der Waals surface area contributed by atoms with E-state index in [2.05, 4.69) is 4.74 Å². The summed E-state index contributed by atoms with van der Waals surface area (Å²) in [4.78, 5) is 10.3. The molecular formula is C6H9O3. The fraction of sp³-hybridized carbons (Fsp3) is 0.500. The molecule has 0 aliphatic carbocycles. The minimum absolute atomic E-state index is 0.193. The third kappa shape index (κ3) is 5.03. The number of ether oxygens (including phenoxy) is 1. The molecule has 0 bridgehead atoms. The van der Waals surface area contributed by atoms with Crippen molar-refractivity contribution in [3.63, 3.8) is 0 Å². The molecular weight excluding hydrogens is 120 g/mol. The van der Waals surface area contributed by atoms with Crippen LogP contribution >= 0.6 is 0 Å². The average molecular weight is 129 g/mol. The minimum atomic E-state index is -0.320. The minimum Gasteiger partial charge on any atom is -0.469 e. The molecule has 9 heavy (non-hydrogen) atoms. The van der Waals surface area contributed by atoms with Crippen LogP contribution in [0.15, 0.2) is 12.2 Å². The molecule has 0 aromatic rings. The summed E-state index contributed by atoms with van der Waals surface area (Å²) in [7, 11) is 1.31. The maximum atomic E-state index is 10.3. The van der Waals surface area contributed by atoms with Crippen molar-refractivity contribution in [3.8, 4) is 0 Å². The van der Waals surface area contributed by atoms with Crippen LogP contribution in [0.3, 0.4) is 0 Å². The molecule has 0 saturated heterocycles. The van der Waals surface area contributed by atoms with Crippen molar-refractivity contribution in [2.75, 3.05) is 13.7 Å². The summed E-state index contributed by atoms with van der Waals surface area (Å²) in [6.45, 7) is -0.281. The zero-order valence-corrected chi connectivity index (χ0v) is 5.29. The third-order valence-electron chi connectivity index (χ3n) is 0.775. The Morgan fingerprint density at radius 3 is 2.67 bits per heavy atom. The number of carbonyl (C=O) groups is 1. The molecule has 0 N–H and O–H groups in total. The predicted octanol–water partition coefficient (Wildman–Crippen LogP) is 0.536. The van der Waals surface area contributed by atoms with E-state index < -0.39 is 0 Å². The maximum Gasteiger partial charge on any atom is 0.309 e. The van der Waals surface area contributed by atoms with Crippen LogP contribution in [-0.2, 0) is 14.6 Å². The Bertz CT molecular complexity index is 107. The van der Waals surface area contributed by atoms with Gasteiger partial charge in [-0.3, -0.25) is 4.79 Å². The van der Waals surface area contributed by atoms with Crippen LogP contribution in [0.5, 0.6) is 0 Å². The summed E-state index contributed by atoms with van der Waals surface area (Å²) in [6.07, 6.45) is 3.08. The summed E-state index contributed by atoms with van der Waals surface area (Å²) in [5.74, 6) is -0.320. The van der Waals surface area contributed by atoms with E-state index in [0.717, 1.165) is 0 Å². The van der Waals surface area contributed by atoms with Crippen molar-refractivity contribution in [1.82, 2.24) is 0 Å². The molecule has 0 saturated carbocycles. The molecule has 0 aliphatic heterocycles. The topological polar surface area (TPSA) is 46.2 Å². The lowest BCUT2D eigenvalue weighted by Gasteiger charge is -1.89. The molecule has 0 aromatic heterocycles. The van der Waals surface area contributed by atoms with E-state index >= 15 is 0 Å². The largest absolute Gasteiger partial charge is 0.469 e. The van der Waals surface area contributed by atoms with Crippen molar-refractivity contribution >= 4 is 5.97 Å². The molecule has 3 nitrogen and oxygen atoms in total. The van der Waals surface area contributed by atoms with Gasteiger partial charge in [0.2, 0.25) is 0 Å². The van der Waals surface area contributed by atoms with Crippen LogP contribution in [0.2, 0.25) is 0 Å². The molecule has 51 valence electrons. The van der Waals surface area contributed by atoms with E-state index in [1.165, 1.54) is 19.3 Å². The van der Waals surface area contributed by atoms with Crippen LogP contribution in [0, 0.1) is 0 Å². The zero-order chi connectivity index (χ0) is 7.11. The second-order valence-electron chi connectivity index (χ2n) is 1.42. The van der Waals surface area contributed by atoms with Gasteiger partial charge in [0.25, 0.3) is 0 Å². The summed E-state index contributed by atoms with van der Waals surface area (Å²) in [6, 6.07) is 0. The molecule has 0 amide bonds. The van der Waals surface area contributed by atoms with Gasteiger partial charge >= 0.3 is 5.97 Å². The molecule has 1 radical (unpaired) electrons. The highest BCUT2D eigenvalue weighted by molar-refractivity contribution is 5.70. The fourth-order valence-corrected chi connectivity index (χ4v) is 0.331. The van der Waals surface area contributed by atoms with Crippen molar-refractivity contribution in [3.05, 3.63) is 12.2 Å². The maximum absolute atomic E-state index is 10.3. The van der Waals surface area contributed by atoms with Gasteiger partial charge in [-0.25, -0.2) is 5.11 Å². The first-order valence-corrected chi connectivity index (χ1v) is 2.61. The van der Waals surface area contributed by atoms with Crippen molar-refractivity contribution in [2.24, 2.45) is 0 Å². The standard InChI is InChI=1S/C6H9O3/c1-9-6(8)4-2-3-5-7/h2-3H,4-5H2,1H3/b3-2+. The summed E-state index contributed by atoms with van der Waals surface area (Å²) in [5.41, 5.74) is 0. The fourth-order valence-electron chi connectivity index (χ4n) is 0.331. The van der Waals surface area contributed by atoms with Crippen LogP contribution in [-0.4, -0.2) is 19.7 Å². The number of rotatable bonds is 3. The van der Waals surface area contributed by atoms with Gasteiger partial charge in [-0.05, 0) is 0 Å². The van der Waals surface area contributed by atoms with Gasteiger partial charge in [0, 0.05) is 0 Å². The lowest BCUT2D eigenvalue weighted by molar-refractivity contribution is -0.139. The number of carbonyl (C=O) groups excluding carboxylic acids is 1. The van der Waals surface area contributed by atoms with E-state index in [9.17, 15) is 9.90 Å². The van der Waals surface area contributed by atoms with E-state index in [0.29, 0.717) is 0 Å². The van der Waals surface area contributed by atoms with Gasteiger partial charge in [0.15, 0.2) is 0 Å². The molecule has 0 aliphatic rings. The highest BCUT2D eigenvalue weighted by Crippen LogP contribution is 1.84. The van der Waals surface area contributed by atoms with E-state index in [1.54, 1.807) is 0 Å². The number of hydrogen-bond acceptors (Lipinski definition) is 2. The second kappa shape index (κ2) is 5.31. The lowest BCUT2D eigenvalue weighted by atomic mass is 10.4. The SMILES string of the molecule is COC(=O)C/C=C/C[O]. The van der Waals surface area contributed by atoms with Crippen molar-refractivity contribution in [2.45, 2.75) is 6.42 Å². The van der Waals surface area contributed by atoms with Gasteiger partial charge in [-0.15, -0.1) is 0 Å². The van der Waals surface area contributed by atoms with E-state index in [4.69, 9.17) is 0 Å². The van der Waals surface area contributed by atoms with Gasteiger partial charge in [0.05, 0.1) is 13.5 Å². The van der Waals surface area contributed by atoms with Gasteiger partial charge in [0.1, 0.15) is 6.61 Å². The lowest BCUT2D eigenvalue weighted by Crippen LogP contribution is -1.96. The van der Waals surface area contributed by atoms with Gasteiger partial charge in [-0.2, -0.15) is 0 Å². The summed E-state index contributed by atoms with van der Waals surface area (Å²) >= 11 is 0. The average Bonchev–Trinajstić information content (AvgIpc) is 1.89. The molecule has 0 atom stereocenters. The number of hydrogen-bond donors (Lipinski definition) is 0. The molecule has 3 heteroatoms. The highest BCUT2D eigenvalue weighted by Gasteiger charge is 1.91. The highest BCUT2D eigenvalue weighted by atomic mass is 16.5. The monoisotopic (exact) mass is 129 g/mol. The molecule has 0 fully saturated rings. The third-order valence-corrected chi connectivity index (χ3v) is 0.775. The van der Waals surface area contributed by atoms with E-state index in [1.807, 2.05) is 0 Å². The Labute approximate surface area is 53.9 Å². The first kappa shape index (κ1) is 8.17. The number of methoxy groups -OCH3 is 1. The molecule has 0 unspecified atom stereocenters. The van der Waals surface area contributed by atoms with Crippen LogP contribution in [0.25, 0.3) is 0 Å². The molecule has 0 aromatic carbocycles. The number of esters is 1. The van der Waals surface area contributed by atoms with E-state index in [-0.39, 0.29) is 19.0 Å². The quantitative estimate of drug-likeness (QED) is 0.412. The molecule has 0 spiro atoms. The first-order valence-electron chi connectivity index (χ1n) is 2.61. The Morgan fingerprint density at radius 1 is 1.56 bits per heavy atom. The van der Waals surface area contributed by atoms with Crippen LogP contribution < -0.4 is 0 Å². The zero-order valence-electron chi connectivity index (χ0n) is 5.29. The van der Waals surface area contributed by atoms with Crippen molar-refractivity contribution in [1.29, 1.82) is 0 Å². The summed E-state index contributed by atoms with van der Waals surface area (Å²) in [5, 5.41) is 9.76. The Morgan fingerprint density at radius 2 is 2.22 bits per heavy atom.